The van der Waals surface area contributed by atoms with E-state index in [2.05, 4.69) is 4.98 Å². The molecule has 1 heterocycles. The summed E-state index contributed by atoms with van der Waals surface area (Å²) in [4.78, 5) is 5.98. The molecular weight excluding hydrogens is 348 g/mol. The number of rotatable bonds is 4. The van der Waals surface area contributed by atoms with Crippen molar-refractivity contribution in [1.29, 1.82) is 0 Å². The minimum Gasteiger partial charge on any atom is -0.419 e. The highest BCUT2D eigenvalue weighted by atomic mass is 35.5. The van der Waals surface area contributed by atoms with E-state index >= 15 is 0 Å². The molecule has 0 spiro atoms. The van der Waals surface area contributed by atoms with Gasteiger partial charge in [0.15, 0.2) is 0 Å². The van der Waals surface area contributed by atoms with Crippen molar-refractivity contribution < 1.29 is 12.8 Å². The molecule has 1 aromatic heterocycles. The summed E-state index contributed by atoms with van der Waals surface area (Å²) in [7, 11) is -0.390. The smallest absolute Gasteiger partial charge is 0.235 e. The van der Waals surface area contributed by atoms with Crippen LogP contribution >= 0.6 is 11.6 Å². The van der Waals surface area contributed by atoms with Crippen LogP contribution < -0.4 is 4.90 Å². The van der Waals surface area contributed by atoms with Gasteiger partial charge < -0.3 is 9.32 Å². The van der Waals surface area contributed by atoms with Gasteiger partial charge in [0.1, 0.15) is 0 Å². The van der Waals surface area contributed by atoms with Gasteiger partial charge in [-0.15, -0.1) is 0 Å². The Morgan fingerprint density at radius 3 is 2.38 bits per heavy atom. The van der Waals surface area contributed by atoms with E-state index in [0.717, 1.165) is 0 Å². The number of hydrogen-bond acceptors (Lipinski definition) is 5. The molecule has 5 nitrogen and oxygen atoms in total. The van der Waals surface area contributed by atoms with Crippen LogP contribution in [-0.2, 0) is 9.84 Å². The normalized spacial score (nSPS) is 11.5. The fourth-order valence-electron chi connectivity index (χ4n) is 2.21. The quantitative estimate of drug-likeness (QED) is 0.704. The van der Waals surface area contributed by atoms with Gasteiger partial charge in [-0.1, -0.05) is 35.9 Å². The van der Waals surface area contributed by atoms with Gasteiger partial charge in [0.25, 0.3) is 0 Å². The van der Waals surface area contributed by atoms with Crippen LogP contribution in [0, 0.1) is 0 Å². The topological polar surface area (TPSA) is 63.4 Å². The van der Waals surface area contributed by atoms with Crippen LogP contribution in [0.3, 0.4) is 0 Å². The SMILES string of the molecule is CN(C)c1oc(-c2cccc(Cl)c2)nc1S(=O)(=O)c1ccccc1. The summed E-state index contributed by atoms with van der Waals surface area (Å²) in [5.41, 5.74) is 0.611. The third-order valence-electron chi connectivity index (χ3n) is 3.37. The van der Waals surface area contributed by atoms with Gasteiger partial charge in [-0.25, -0.2) is 8.42 Å². The van der Waals surface area contributed by atoms with Gasteiger partial charge in [-0.3, -0.25) is 0 Å². The number of anilines is 1. The Labute approximate surface area is 145 Å². The largest absolute Gasteiger partial charge is 0.419 e. The molecule has 24 heavy (non-hydrogen) atoms. The molecule has 0 bridgehead atoms. The van der Waals surface area contributed by atoms with E-state index in [1.807, 2.05) is 0 Å². The number of aromatic nitrogens is 1. The Balaban J connectivity index is 2.18. The van der Waals surface area contributed by atoms with Crippen molar-refractivity contribution in [2.45, 2.75) is 9.92 Å². The summed E-state index contributed by atoms with van der Waals surface area (Å²) in [5.74, 6) is 0.379. The lowest BCUT2D eigenvalue weighted by Crippen LogP contribution is -2.13. The second-order valence-corrected chi connectivity index (χ2v) is 7.65. The van der Waals surface area contributed by atoms with Crippen LogP contribution in [0.4, 0.5) is 5.88 Å². The van der Waals surface area contributed by atoms with Crippen LogP contribution in [0.25, 0.3) is 11.5 Å². The standard InChI is InChI=1S/C17H15ClN2O3S/c1-20(2)17-16(24(21,22)14-9-4-3-5-10-14)19-15(23-17)12-7-6-8-13(18)11-12/h3-11H,1-2H3. The van der Waals surface area contributed by atoms with Crippen LogP contribution in [0.15, 0.2) is 68.9 Å². The molecule has 7 heteroatoms. The number of sulfone groups is 1. The summed E-state index contributed by atoms with van der Waals surface area (Å²) >= 11 is 5.99. The maximum atomic E-state index is 12.9. The predicted octanol–water partition coefficient (Wildman–Crippen LogP) is 3.89. The van der Waals surface area contributed by atoms with Crippen LogP contribution in [0.5, 0.6) is 0 Å². The number of oxazole rings is 1. The van der Waals surface area contributed by atoms with Gasteiger partial charge in [-0.2, -0.15) is 4.98 Å². The molecule has 3 rings (SSSR count). The average Bonchev–Trinajstić information content (AvgIpc) is 3.02. The lowest BCUT2D eigenvalue weighted by atomic mass is 10.2. The van der Waals surface area contributed by atoms with Crippen molar-refractivity contribution in [2.24, 2.45) is 0 Å². The number of nitrogens with zero attached hydrogens (tertiary/aromatic N) is 2. The fourth-order valence-corrected chi connectivity index (χ4v) is 3.80. The van der Waals surface area contributed by atoms with Crippen molar-refractivity contribution in [3.63, 3.8) is 0 Å². The molecule has 0 aliphatic rings. The van der Waals surface area contributed by atoms with Crippen molar-refractivity contribution in [2.75, 3.05) is 19.0 Å². The maximum absolute atomic E-state index is 12.9. The molecule has 0 saturated heterocycles. The number of benzene rings is 2. The zero-order valence-corrected chi connectivity index (χ0v) is 14.7. The van der Waals surface area contributed by atoms with Crippen molar-refractivity contribution in [3.8, 4) is 11.5 Å². The molecule has 2 aromatic carbocycles. The minimum absolute atomic E-state index is 0.117. The second-order valence-electron chi connectivity index (χ2n) is 5.35. The molecule has 0 aliphatic heterocycles. The third-order valence-corrected chi connectivity index (χ3v) is 5.27. The summed E-state index contributed by atoms with van der Waals surface area (Å²) in [6.45, 7) is 0. The Bertz CT molecular complexity index is 967. The molecule has 0 saturated carbocycles. The van der Waals surface area contributed by atoms with Gasteiger partial charge in [0, 0.05) is 24.7 Å². The number of hydrogen-bond donors (Lipinski definition) is 0. The molecule has 0 unspecified atom stereocenters. The Hall–Kier alpha value is -2.31. The van der Waals surface area contributed by atoms with Gasteiger partial charge >= 0.3 is 0 Å². The Morgan fingerprint density at radius 2 is 1.75 bits per heavy atom. The molecule has 0 amide bonds. The van der Waals surface area contributed by atoms with E-state index in [1.54, 1.807) is 61.5 Å². The summed E-state index contributed by atoms with van der Waals surface area (Å²) in [6, 6.07) is 15.1. The summed E-state index contributed by atoms with van der Waals surface area (Å²) < 4.78 is 31.5. The lowest BCUT2D eigenvalue weighted by molar-refractivity contribution is 0.564. The zero-order valence-electron chi connectivity index (χ0n) is 13.1. The van der Waals surface area contributed by atoms with Gasteiger partial charge in [0.2, 0.25) is 26.6 Å². The van der Waals surface area contributed by atoms with E-state index in [4.69, 9.17) is 16.0 Å². The maximum Gasteiger partial charge on any atom is 0.235 e. The highest BCUT2D eigenvalue weighted by molar-refractivity contribution is 7.91. The molecule has 0 N–H and O–H groups in total. The lowest BCUT2D eigenvalue weighted by Gasteiger charge is -2.09. The third kappa shape index (κ3) is 3.02. The first-order chi connectivity index (χ1) is 11.4. The first-order valence-electron chi connectivity index (χ1n) is 7.14. The predicted molar refractivity (Wildman–Crippen MR) is 93.2 cm³/mol. The van der Waals surface area contributed by atoms with E-state index in [9.17, 15) is 8.42 Å². The van der Waals surface area contributed by atoms with Crippen molar-refractivity contribution >= 4 is 27.3 Å². The van der Waals surface area contributed by atoms with E-state index in [1.165, 1.54) is 12.1 Å². The fraction of sp³-hybridized carbons (Fsp3) is 0.118. The van der Waals surface area contributed by atoms with Crippen molar-refractivity contribution in [3.05, 3.63) is 59.6 Å². The van der Waals surface area contributed by atoms with Crippen molar-refractivity contribution in [1.82, 2.24) is 4.98 Å². The number of halogens is 1. The zero-order chi connectivity index (χ0) is 17.3. The molecule has 124 valence electrons. The van der Waals surface area contributed by atoms with E-state index in [0.29, 0.717) is 10.6 Å². The average molecular weight is 363 g/mol. The molecule has 3 aromatic rings. The molecule has 0 atom stereocenters. The van der Waals surface area contributed by atoms with Gasteiger partial charge in [0.05, 0.1) is 4.90 Å². The highest BCUT2D eigenvalue weighted by Gasteiger charge is 2.29. The second kappa shape index (κ2) is 6.30. The molecule has 0 radical (unpaired) electrons. The molecule has 0 fully saturated rings. The molecule has 0 aliphatic carbocycles. The van der Waals surface area contributed by atoms with Crippen LogP contribution in [-0.4, -0.2) is 27.5 Å². The van der Waals surface area contributed by atoms with Gasteiger partial charge in [-0.05, 0) is 30.3 Å². The highest BCUT2D eigenvalue weighted by Crippen LogP contribution is 2.34. The first-order valence-corrected chi connectivity index (χ1v) is 9.00. The summed E-state index contributed by atoms with van der Waals surface area (Å²) in [6.07, 6.45) is 0. The van der Waals surface area contributed by atoms with E-state index in [-0.39, 0.29) is 21.7 Å². The van der Waals surface area contributed by atoms with Crippen LogP contribution in [0.2, 0.25) is 5.02 Å². The Morgan fingerprint density at radius 1 is 1.04 bits per heavy atom. The minimum atomic E-state index is -3.79. The Kier molecular flexibility index (Phi) is 4.34. The van der Waals surface area contributed by atoms with Crippen LogP contribution in [0.1, 0.15) is 0 Å². The van der Waals surface area contributed by atoms with E-state index < -0.39 is 9.84 Å². The molecular formula is C17H15ClN2O3S. The monoisotopic (exact) mass is 362 g/mol. The first kappa shape index (κ1) is 16.5. The summed E-state index contributed by atoms with van der Waals surface area (Å²) in [5, 5.41) is 0.401.